The van der Waals surface area contributed by atoms with Gasteiger partial charge in [-0.3, -0.25) is 0 Å². The molecule has 0 saturated carbocycles. The Labute approximate surface area is 89.3 Å². The molecule has 80 valence electrons. The Morgan fingerprint density at radius 2 is 2.20 bits per heavy atom. The third-order valence-electron chi connectivity index (χ3n) is 1.90. The first-order valence-electron chi connectivity index (χ1n) is 4.68. The first kappa shape index (κ1) is 11.3. The molecule has 0 saturated heterocycles. The Balaban J connectivity index is 2.76. The van der Waals surface area contributed by atoms with Crippen molar-refractivity contribution in [1.29, 1.82) is 5.26 Å². The van der Waals surface area contributed by atoms with E-state index in [1.54, 1.807) is 32.0 Å². The molecule has 0 aliphatic heterocycles. The summed E-state index contributed by atoms with van der Waals surface area (Å²) < 4.78 is 0. The van der Waals surface area contributed by atoms with Crippen molar-refractivity contribution in [2.24, 2.45) is 0 Å². The molecule has 0 amide bonds. The highest BCUT2D eigenvalue weighted by atomic mass is 16.3. The lowest BCUT2D eigenvalue weighted by atomic mass is 10.1. The molecule has 0 aromatic heterocycles. The summed E-state index contributed by atoms with van der Waals surface area (Å²) in [7, 11) is 0. The van der Waals surface area contributed by atoms with E-state index in [1.165, 1.54) is 0 Å². The summed E-state index contributed by atoms with van der Waals surface area (Å²) in [5, 5.41) is 21.3. The predicted octanol–water partition coefficient (Wildman–Crippen LogP) is 1.32. The molecule has 4 heteroatoms. The van der Waals surface area contributed by atoms with Gasteiger partial charge in [-0.1, -0.05) is 0 Å². The molecule has 0 unspecified atom stereocenters. The van der Waals surface area contributed by atoms with E-state index in [9.17, 15) is 5.11 Å². The second-order valence-electron chi connectivity index (χ2n) is 4.08. The minimum atomic E-state index is -0.784. The minimum Gasteiger partial charge on any atom is -0.398 e. The monoisotopic (exact) mass is 205 g/mol. The number of aliphatic hydroxyl groups is 1. The molecule has 0 radical (unpaired) electrons. The molecule has 15 heavy (non-hydrogen) atoms. The fourth-order valence-corrected chi connectivity index (χ4v) is 1.08. The average Bonchev–Trinajstić information content (AvgIpc) is 2.15. The molecule has 1 rings (SSSR count). The highest BCUT2D eigenvalue weighted by Gasteiger charge is 2.11. The number of nitrogens with zero attached hydrogens (tertiary/aromatic N) is 1. The summed E-state index contributed by atoms with van der Waals surface area (Å²) in [4.78, 5) is 0. The van der Waals surface area contributed by atoms with E-state index in [-0.39, 0.29) is 0 Å². The second-order valence-corrected chi connectivity index (χ2v) is 4.08. The SMILES string of the molecule is CC(C)(O)CNc1ccc(N)c(C#N)c1. The van der Waals surface area contributed by atoms with Crippen LogP contribution in [-0.2, 0) is 0 Å². The number of nitrogen functional groups attached to an aromatic ring is 1. The summed E-state index contributed by atoms with van der Waals surface area (Å²) in [5.41, 5.74) is 6.48. The van der Waals surface area contributed by atoms with Gasteiger partial charge in [0.25, 0.3) is 0 Å². The predicted molar refractivity (Wildman–Crippen MR) is 60.4 cm³/mol. The Morgan fingerprint density at radius 1 is 1.53 bits per heavy atom. The van der Waals surface area contributed by atoms with Crippen LogP contribution in [-0.4, -0.2) is 17.3 Å². The first-order valence-corrected chi connectivity index (χ1v) is 4.68. The van der Waals surface area contributed by atoms with Gasteiger partial charge in [-0.2, -0.15) is 5.26 Å². The fraction of sp³-hybridized carbons (Fsp3) is 0.364. The van der Waals surface area contributed by atoms with Crippen LogP contribution < -0.4 is 11.1 Å². The zero-order valence-corrected chi connectivity index (χ0v) is 8.91. The molecule has 0 spiro atoms. The van der Waals surface area contributed by atoms with Gasteiger partial charge in [-0.15, -0.1) is 0 Å². The maximum atomic E-state index is 9.51. The third kappa shape index (κ3) is 3.49. The van der Waals surface area contributed by atoms with Gasteiger partial charge in [0.2, 0.25) is 0 Å². The Kier molecular flexibility index (Phi) is 3.17. The molecule has 1 aromatic carbocycles. The lowest BCUT2D eigenvalue weighted by molar-refractivity contribution is 0.0945. The number of hydrogen-bond acceptors (Lipinski definition) is 4. The maximum absolute atomic E-state index is 9.51. The van der Waals surface area contributed by atoms with Gasteiger partial charge >= 0.3 is 0 Å². The zero-order valence-electron chi connectivity index (χ0n) is 8.91. The fourth-order valence-electron chi connectivity index (χ4n) is 1.08. The summed E-state index contributed by atoms with van der Waals surface area (Å²) >= 11 is 0. The van der Waals surface area contributed by atoms with E-state index < -0.39 is 5.60 Å². The van der Waals surface area contributed by atoms with Crippen molar-refractivity contribution in [2.75, 3.05) is 17.6 Å². The molecule has 0 atom stereocenters. The quantitative estimate of drug-likeness (QED) is 0.650. The lowest BCUT2D eigenvalue weighted by Crippen LogP contribution is -2.29. The number of nitrogens with two attached hydrogens (primary N) is 1. The van der Waals surface area contributed by atoms with Crippen molar-refractivity contribution in [3.05, 3.63) is 23.8 Å². The molecule has 0 aliphatic rings. The summed E-state index contributed by atoms with van der Waals surface area (Å²) in [5.74, 6) is 0. The smallest absolute Gasteiger partial charge is 0.101 e. The number of benzene rings is 1. The normalized spacial score (nSPS) is 10.8. The molecule has 4 N–H and O–H groups in total. The van der Waals surface area contributed by atoms with Crippen molar-refractivity contribution in [3.8, 4) is 6.07 Å². The van der Waals surface area contributed by atoms with Gasteiger partial charge in [0.05, 0.1) is 11.2 Å². The minimum absolute atomic E-state index is 0.418. The van der Waals surface area contributed by atoms with E-state index in [0.29, 0.717) is 17.8 Å². The van der Waals surface area contributed by atoms with Gasteiger partial charge in [-0.05, 0) is 32.0 Å². The Hall–Kier alpha value is -1.73. The standard InChI is InChI=1S/C11H15N3O/c1-11(2,15)7-14-9-3-4-10(13)8(5-9)6-12/h3-5,14-15H,7,13H2,1-2H3. The lowest BCUT2D eigenvalue weighted by Gasteiger charge is -2.18. The highest BCUT2D eigenvalue weighted by Crippen LogP contribution is 2.17. The van der Waals surface area contributed by atoms with Crippen molar-refractivity contribution < 1.29 is 5.11 Å². The van der Waals surface area contributed by atoms with E-state index in [4.69, 9.17) is 11.0 Å². The van der Waals surface area contributed by atoms with E-state index in [1.807, 2.05) is 6.07 Å². The molecule has 0 heterocycles. The van der Waals surface area contributed by atoms with Gasteiger partial charge in [0, 0.05) is 17.9 Å². The van der Waals surface area contributed by atoms with Crippen LogP contribution in [0, 0.1) is 11.3 Å². The zero-order chi connectivity index (χ0) is 11.5. The third-order valence-corrected chi connectivity index (χ3v) is 1.90. The molecule has 0 aliphatic carbocycles. The molecular weight excluding hydrogens is 190 g/mol. The highest BCUT2D eigenvalue weighted by molar-refractivity contribution is 5.61. The van der Waals surface area contributed by atoms with Crippen LogP contribution in [0.25, 0.3) is 0 Å². The van der Waals surface area contributed by atoms with Crippen LogP contribution in [0.4, 0.5) is 11.4 Å². The van der Waals surface area contributed by atoms with Crippen molar-refractivity contribution in [1.82, 2.24) is 0 Å². The van der Waals surface area contributed by atoms with Crippen LogP contribution in [0.1, 0.15) is 19.4 Å². The van der Waals surface area contributed by atoms with E-state index >= 15 is 0 Å². The van der Waals surface area contributed by atoms with Crippen LogP contribution in [0.2, 0.25) is 0 Å². The molecule has 0 fully saturated rings. The number of nitrogens with one attached hydrogen (secondary N) is 1. The number of anilines is 2. The summed E-state index contributed by atoms with van der Waals surface area (Å²) in [6, 6.07) is 7.12. The number of nitriles is 1. The summed E-state index contributed by atoms with van der Waals surface area (Å²) in [6.07, 6.45) is 0. The molecule has 1 aromatic rings. The van der Waals surface area contributed by atoms with Crippen molar-refractivity contribution in [2.45, 2.75) is 19.4 Å². The Bertz CT molecular complexity index is 388. The first-order chi connectivity index (χ1) is 6.92. The maximum Gasteiger partial charge on any atom is 0.101 e. The molecular formula is C11H15N3O. The largest absolute Gasteiger partial charge is 0.398 e. The summed E-state index contributed by atoms with van der Waals surface area (Å²) in [6.45, 7) is 3.84. The average molecular weight is 205 g/mol. The number of hydrogen-bond donors (Lipinski definition) is 3. The van der Waals surface area contributed by atoms with E-state index in [0.717, 1.165) is 5.69 Å². The molecule has 4 nitrogen and oxygen atoms in total. The van der Waals surface area contributed by atoms with Crippen LogP contribution in [0.5, 0.6) is 0 Å². The second kappa shape index (κ2) is 4.20. The van der Waals surface area contributed by atoms with Crippen LogP contribution >= 0.6 is 0 Å². The van der Waals surface area contributed by atoms with Crippen molar-refractivity contribution >= 4 is 11.4 Å². The van der Waals surface area contributed by atoms with Crippen LogP contribution in [0.3, 0.4) is 0 Å². The van der Waals surface area contributed by atoms with E-state index in [2.05, 4.69) is 5.32 Å². The van der Waals surface area contributed by atoms with Gasteiger partial charge in [-0.25, -0.2) is 0 Å². The number of rotatable bonds is 3. The van der Waals surface area contributed by atoms with Gasteiger partial charge < -0.3 is 16.2 Å². The topological polar surface area (TPSA) is 82.1 Å². The van der Waals surface area contributed by atoms with Crippen molar-refractivity contribution in [3.63, 3.8) is 0 Å². The molecule has 0 bridgehead atoms. The van der Waals surface area contributed by atoms with Gasteiger partial charge in [0.15, 0.2) is 0 Å². The van der Waals surface area contributed by atoms with Crippen LogP contribution in [0.15, 0.2) is 18.2 Å². The Morgan fingerprint density at radius 3 is 2.73 bits per heavy atom. The van der Waals surface area contributed by atoms with Gasteiger partial charge in [0.1, 0.15) is 6.07 Å².